The molecule has 4 aromatic rings. The molecule has 4 rings (SSSR count). The molecular weight excluding hydrogens is 338 g/mol. The number of carbonyl (C=O) groups is 1. The summed E-state index contributed by atoms with van der Waals surface area (Å²) in [7, 11) is 0. The van der Waals surface area contributed by atoms with Gasteiger partial charge in [0.15, 0.2) is 5.13 Å². The van der Waals surface area contributed by atoms with Crippen molar-refractivity contribution < 1.29 is 9.72 Å². The summed E-state index contributed by atoms with van der Waals surface area (Å²) in [5.74, 6) is -0.349. The van der Waals surface area contributed by atoms with Gasteiger partial charge in [-0.1, -0.05) is 41.7 Å². The van der Waals surface area contributed by atoms with Crippen LogP contribution in [0.4, 0.5) is 10.8 Å². The van der Waals surface area contributed by atoms with Crippen LogP contribution in [0, 0.1) is 10.1 Å². The van der Waals surface area contributed by atoms with E-state index < -0.39 is 4.92 Å². The molecule has 0 aliphatic heterocycles. The minimum absolute atomic E-state index is 0.0528. The molecule has 7 heteroatoms. The Morgan fingerprint density at radius 1 is 1.04 bits per heavy atom. The Morgan fingerprint density at radius 3 is 2.56 bits per heavy atom. The topological polar surface area (TPSA) is 85.1 Å². The first kappa shape index (κ1) is 15.2. The molecule has 122 valence electrons. The van der Waals surface area contributed by atoms with Crippen molar-refractivity contribution in [2.45, 2.75) is 0 Å². The van der Waals surface area contributed by atoms with E-state index in [1.54, 1.807) is 0 Å². The van der Waals surface area contributed by atoms with Crippen molar-refractivity contribution in [2.75, 3.05) is 5.32 Å². The van der Waals surface area contributed by atoms with Crippen LogP contribution in [0.1, 0.15) is 10.4 Å². The van der Waals surface area contributed by atoms with Crippen LogP contribution in [-0.2, 0) is 0 Å². The van der Waals surface area contributed by atoms with E-state index in [0.29, 0.717) is 10.7 Å². The maximum atomic E-state index is 12.3. The predicted molar refractivity (Wildman–Crippen MR) is 98.2 cm³/mol. The van der Waals surface area contributed by atoms with Gasteiger partial charge in [0, 0.05) is 23.1 Å². The second-order valence-electron chi connectivity index (χ2n) is 5.41. The molecule has 1 amide bonds. The van der Waals surface area contributed by atoms with E-state index >= 15 is 0 Å². The summed E-state index contributed by atoms with van der Waals surface area (Å²) in [6.45, 7) is 0. The Balaban J connectivity index is 1.65. The molecule has 1 N–H and O–H groups in total. The van der Waals surface area contributed by atoms with Crippen molar-refractivity contribution in [2.24, 2.45) is 0 Å². The number of hydrogen-bond acceptors (Lipinski definition) is 5. The van der Waals surface area contributed by atoms with Crippen LogP contribution in [0.25, 0.3) is 21.0 Å². The second-order valence-corrected chi connectivity index (χ2v) is 6.44. The lowest BCUT2D eigenvalue weighted by atomic mass is 10.1. The van der Waals surface area contributed by atoms with Crippen molar-refractivity contribution in [3.8, 4) is 0 Å². The van der Waals surface area contributed by atoms with E-state index in [1.807, 2.05) is 36.4 Å². The molecule has 0 radical (unpaired) electrons. The number of aromatic nitrogens is 1. The molecule has 0 aliphatic carbocycles. The molecule has 0 spiro atoms. The van der Waals surface area contributed by atoms with Crippen LogP contribution in [0.3, 0.4) is 0 Å². The van der Waals surface area contributed by atoms with E-state index in [1.165, 1.54) is 35.6 Å². The summed E-state index contributed by atoms with van der Waals surface area (Å²) in [5, 5.41) is 16.1. The van der Waals surface area contributed by atoms with Gasteiger partial charge in [0.05, 0.1) is 15.1 Å². The molecule has 0 bridgehead atoms. The van der Waals surface area contributed by atoms with Gasteiger partial charge in [0.1, 0.15) is 0 Å². The highest BCUT2D eigenvalue weighted by Gasteiger charge is 2.13. The van der Waals surface area contributed by atoms with Crippen LogP contribution in [0.5, 0.6) is 0 Å². The third-order valence-corrected chi connectivity index (χ3v) is 4.78. The van der Waals surface area contributed by atoms with Crippen LogP contribution < -0.4 is 5.32 Å². The number of non-ortho nitro benzene ring substituents is 1. The van der Waals surface area contributed by atoms with E-state index in [0.717, 1.165) is 21.0 Å². The number of hydrogen-bond donors (Lipinski definition) is 1. The highest BCUT2D eigenvalue weighted by Crippen LogP contribution is 2.31. The average molecular weight is 349 g/mol. The number of anilines is 1. The van der Waals surface area contributed by atoms with E-state index in [4.69, 9.17) is 0 Å². The summed E-state index contributed by atoms with van der Waals surface area (Å²) in [6.07, 6.45) is 0. The quantitative estimate of drug-likeness (QED) is 0.432. The minimum Gasteiger partial charge on any atom is -0.298 e. The van der Waals surface area contributed by atoms with Crippen molar-refractivity contribution in [1.29, 1.82) is 0 Å². The van der Waals surface area contributed by atoms with Crippen molar-refractivity contribution in [3.05, 3.63) is 76.3 Å². The van der Waals surface area contributed by atoms with Gasteiger partial charge >= 0.3 is 0 Å². The normalized spacial score (nSPS) is 10.9. The minimum atomic E-state index is -0.500. The summed E-state index contributed by atoms with van der Waals surface area (Å²) >= 11 is 1.39. The lowest BCUT2D eigenvalue weighted by Gasteiger charge is -2.01. The summed E-state index contributed by atoms with van der Waals surface area (Å²) < 4.78 is 0.984. The van der Waals surface area contributed by atoms with Gasteiger partial charge in [-0.05, 0) is 23.6 Å². The van der Waals surface area contributed by atoms with Gasteiger partial charge in [-0.25, -0.2) is 4.98 Å². The number of nitro groups is 1. The van der Waals surface area contributed by atoms with Crippen LogP contribution in [0.2, 0.25) is 0 Å². The fourth-order valence-corrected chi connectivity index (χ4v) is 3.50. The van der Waals surface area contributed by atoms with Gasteiger partial charge in [-0.2, -0.15) is 0 Å². The molecular formula is C18H11N3O3S. The SMILES string of the molecule is O=C(Nc1nc2c(ccc3ccccc32)s1)c1ccc([N+](=O)[O-])cc1. The van der Waals surface area contributed by atoms with Crippen molar-refractivity contribution in [3.63, 3.8) is 0 Å². The van der Waals surface area contributed by atoms with Gasteiger partial charge in [-0.15, -0.1) is 0 Å². The highest BCUT2D eigenvalue weighted by molar-refractivity contribution is 7.22. The fraction of sp³-hybridized carbons (Fsp3) is 0. The van der Waals surface area contributed by atoms with Crippen LogP contribution in [-0.4, -0.2) is 15.8 Å². The van der Waals surface area contributed by atoms with E-state index in [-0.39, 0.29) is 11.6 Å². The number of carbonyl (C=O) groups excluding carboxylic acids is 1. The first-order chi connectivity index (χ1) is 12.1. The highest BCUT2D eigenvalue weighted by atomic mass is 32.1. The number of benzene rings is 3. The fourth-order valence-electron chi connectivity index (χ4n) is 2.62. The summed E-state index contributed by atoms with van der Waals surface area (Å²) in [4.78, 5) is 27.0. The number of rotatable bonds is 3. The molecule has 0 atom stereocenters. The monoisotopic (exact) mass is 349 g/mol. The Kier molecular flexibility index (Phi) is 3.62. The van der Waals surface area contributed by atoms with Crippen molar-refractivity contribution >= 4 is 49.1 Å². The number of thiazole rings is 1. The zero-order valence-corrected chi connectivity index (χ0v) is 13.6. The third kappa shape index (κ3) is 2.81. The van der Waals surface area contributed by atoms with Gasteiger partial charge < -0.3 is 0 Å². The molecule has 0 saturated heterocycles. The zero-order chi connectivity index (χ0) is 17.4. The van der Waals surface area contributed by atoms with E-state index in [9.17, 15) is 14.9 Å². The summed E-state index contributed by atoms with van der Waals surface area (Å²) in [5.41, 5.74) is 1.14. The number of nitrogens with zero attached hydrogens (tertiary/aromatic N) is 2. The van der Waals surface area contributed by atoms with Crippen molar-refractivity contribution in [1.82, 2.24) is 4.98 Å². The lowest BCUT2D eigenvalue weighted by molar-refractivity contribution is -0.384. The maximum absolute atomic E-state index is 12.3. The molecule has 6 nitrogen and oxygen atoms in total. The Bertz CT molecular complexity index is 1120. The van der Waals surface area contributed by atoms with Gasteiger partial charge in [0.2, 0.25) is 0 Å². The maximum Gasteiger partial charge on any atom is 0.269 e. The number of nitrogens with one attached hydrogen (secondary N) is 1. The second kappa shape index (κ2) is 5.95. The smallest absolute Gasteiger partial charge is 0.269 e. The molecule has 0 fully saturated rings. The molecule has 3 aromatic carbocycles. The molecule has 25 heavy (non-hydrogen) atoms. The predicted octanol–water partition coefficient (Wildman–Crippen LogP) is 4.61. The Labute approximate surface area is 145 Å². The Morgan fingerprint density at radius 2 is 1.80 bits per heavy atom. The number of nitro benzene ring substituents is 1. The Hall–Kier alpha value is -3.32. The zero-order valence-electron chi connectivity index (χ0n) is 12.8. The van der Waals surface area contributed by atoms with Crippen LogP contribution in [0.15, 0.2) is 60.7 Å². The molecule has 1 aromatic heterocycles. The first-order valence-corrected chi connectivity index (χ1v) is 8.27. The average Bonchev–Trinajstić information content (AvgIpc) is 3.04. The molecule has 1 heterocycles. The third-order valence-electron chi connectivity index (χ3n) is 3.84. The van der Waals surface area contributed by atoms with Gasteiger partial charge in [0.25, 0.3) is 11.6 Å². The number of amides is 1. The van der Waals surface area contributed by atoms with E-state index in [2.05, 4.69) is 10.3 Å². The largest absolute Gasteiger partial charge is 0.298 e. The molecule has 0 aliphatic rings. The summed E-state index contributed by atoms with van der Waals surface area (Å²) in [6, 6.07) is 17.4. The number of fused-ring (bicyclic) bond motifs is 3. The van der Waals surface area contributed by atoms with Crippen LogP contribution >= 0.6 is 11.3 Å². The standard InChI is InChI=1S/C18H11N3O3S/c22-17(12-5-8-13(9-6-12)21(23)24)20-18-19-16-14-4-2-1-3-11(14)7-10-15(16)25-18/h1-10H,(H,19,20,22). The van der Waals surface area contributed by atoms with Gasteiger partial charge in [-0.3, -0.25) is 20.2 Å². The first-order valence-electron chi connectivity index (χ1n) is 7.46. The molecule has 0 saturated carbocycles. The molecule has 0 unspecified atom stereocenters. The lowest BCUT2D eigenvalue weighted by Crippen LogP contribution is -2.11.